The van der Waals surface area contributed by atoms with Crippen LogP contribution in [0.5, 0.6) is 0 Å². The number of carbonyl (C=O) groups excluding carboxylic acids is 2. The number of thiol groups is 1. The average Bonchev–Trinajstić information content (AvgIpc) is 1.97. The van der Waals surface area contributed by atoms with Crippen LogP contribution in [0.2, 0.25) is 0 Å². The molecule has 1 atom stereocenters. The van der Waals surface area contributed by atoms with E-state index in [1.54, 1.807) is 0 Å². The van der Waals surface area contributed by atoms with Gasteiger partial charge in [-0.25, -0.2) is 0 Å². The highest BCUT2D eigenvalue weighted by atomic mass is 32.1. The molecule has 1 unspecified atom stereocenters. The summed E-state index contributed by atoms with van der Waals surface area (Å²) in [5.41, 5.74) is 5.08. The summed E-state index contributed by atoms with van der Waals surface area (Å²) in [5, 5.41) is -0.360. The molecule has 0 rings (SSSR count). The van der Waals surface area contributed by atoms with Crippen LogP contribution in [-0.4, -0.2) is 16.9 Å². The second-order valence-electron chi connectivity index (χ2n) is 4.16. The molecule has 4 heteroatoms. The van der Waals surface area contributed by atoms with Crippen molar-refractivity contribution in [2.75, 3.05) is 0 Å². The molecule has 0 aromatic rings. The molecule has 0 saturated carbocycles. The molecular weight excluding hydrogens is 186 g/mol. The summed E-state index contributed by atoms with van der Waals surface area (Å²) in [6.07, 6.45) is 0.732. The van der Waals surface area contributed by atoms with Crippen molar-refractivity contribution >= 4 is 23.5 Å². The summed E-state index contributed by atoms with van der Waals surface area (Å²) in [7, 11) is 0. The maximum atomic E-state index is 11.4. The Labute approximate surface area is 84.5 Å². The number of Topliss-reactive ketones (excluding diaryl/α,β-unsaturated/α-hetero) is 1. The van der Waals surface area contributed by atoms with Crippen molar-refractivity contribution in [1.29, 1.82) is 0 Å². The van der Waals surface area contributed by atoms with Crippen LogP contribution in [0.3, 0.4) is 0 Å². The normalized spacial score (nSPS) is 13.9. The fraction of sp³-hybridized carbons (Fsp3) is 0.778. The minimum atomic E-state index is -0.616. The summed E-state index contributed by atoms with van der Waals surface area (Å²) in [6.45, 7) is 5.55. The minimum Gasteiger partial charge on any atom is -0.321 e. The Morgan fingerprint density at radius 2 is 1.85 bits per heavy atom. The molecule has 0 aromatic carbocycles. The lowest BCUT2D eigenvalue weighted by atomic mass is 9.87. The number of nitrogens with two attached hydrogens (primary N) is 1. The van der Waals surface area contributed by atoms with Crippen LogP contribution < -0.4 is 5.73 Å². The molecule has 0 heterocycles. The third-order valence-electron chi connectivity index (χ3n) is 1.84. The third kappa shape index (κ3) is 5.05. The lowest BCUT2D eigenvalue weighted by Gasteiger charge is -2.17. The maximum absolute atomic E-state index is 11.4. The third-order valence-corrected chi connectivity index (χ3v) is 2.17. The first kappa shape index (κ1) is 12.7. The van der Waals surface area contributed by atoms with E-state index < -0.39 is 6.04 Å². The Balaban J connectivity index is 3.91. The Kier molecular flexibility index (Phi) is 4.64. The number of rotatable bonds is 4. The molecule has 0 aliphatic carbocycles. The highest BCUT2D eigenvalue weighted by molar-refractivity contribution is 7.96. The Morgan fingerprint density at radius 1 is 1.38 bits per heavy atom. The van der Waals surface area contributed by atoms with Gasteiger partial charge in [-0.3, -0.25) is 9.59 Å². The van der Waals surface area contributed by atoms with Gasteiger partial charge in [0.1, 0.15) is 5.78 Å². The standard InChI is InChI=1S/C9H17NO2S/c1-9(2,3)7(11)5-4-6(10)8(12)13/h6H,4-5,10H2,1-3H3,(H,12,13). The van der Waals surface area contributed by atoms with E-state index in [1.165, 1.54) is 0 Å². The van der Waals surface area contributed by atoms with Gasteiger partial charge < -0.3 is 5.73 Å². The molecule has 0 aliphatic rings. The predicted molar refractivity (Wildman–Crippen MR) is 55.7 cm³/mol. The maximum Gasteiger partial charge on any atom is 0.202 e. The van der Waals surface area contributed by atoms with Gasteiger partial charge in [-0.2, -0.15) is 0 Å². The fourth-order valence-corrected chi connectivity index (χ4v) is 0.914. The highest BCUT2D eigenvalue weighted by Crippen LogP contribution is 2.18. The number of ketones is 1. The first-order valence-electron chi connectivity index (χ1n) is 4.27. The summed E-state index contributed by atoms with van der Waals surface area (Å²) in [5.74, 6) is 0.123. The van der Waals surface area contributed by atoms with Gasteiger partial charge in [-0.15, -0.1) is 12.6 Å². The van der Waals surface area contributed by atoms with Crippen LogP contribution in [0.15, 0.2) is 0 Å². The fourth-order valence-electron chi connectivity index (χ4n) is 0.785. The van der Waals surface area contributed by atoms with Crippen molar-refractivity contribution in [3.05, 3.63) is 0 Å². The zero-order valence-electron chi connectivity index (χ0n) is 8.33. The van der Waals surface area contributed by atoms with Crippen molar-refractivity contribution in [2.45, 2.75) is 39.7 Å². The van der Waals surface area contributed by atoms with Crippen LogP contribution in [0.4, 0.5) is 0 Å². The van der Waals surface area contributed by atoms with Gasteiger partial charge in [0.15, 0.2) is 0 Å². The molecule has 76 valence electrons. The van der Waals surface area contributed by atoms with E-state index in [0.717, 1.165) is 0 Å². The van der Waals surface area contributed by atoms with Gasteiger partial charge in [0.05, 0.1) is 6.04 Å². The molecule has 0 fully saturated rings. The molecule has 0 aromatic heterocycles. The van der Waals surface area contributed by atoms with Gasteiger partial charge >= 0.3 is 0 Å². The van der Waals surface area contributed by atoms with Gasteiger partial charge in [0.2, 0.25) is 5.12 Å². The Bertz CT molecular complexity index is 208. The molecule has 3 nitrogen and oxygen atoms in total. The van der Waals surface area contributed by atoms with Crippen LogP contribution in [0.25, 0.3) is 0 Å². The molecule has 0 radical (unpaired) electrons. The van der Waals surface area contributed by atoms with E-state index in [4.69, 9.17) is 5.73 Å². The number of carbonyl (C=O) groups is 2. The first-order valence-corrected chi connectivity index (χ1v) is 4.71. The van der Waals surface area contributed by atoms with Gasteiger partial charge in [-0.1, -0.05) is 20.8 Å². The molecule has 0 amide bonds. The quantitative estimate of drug-likeness (QED) is 0.674. The molecule has 0 saturated heterocycles. The van der Waals surface area contributed by atoms with Crippen LogP contribution in [-0.2, 0) is 9.59 Å². The minimum absolute atomic E-state index is 0.123. The largest absolute Gasteiger partial charge is 0.321 e. The molecule has 2 N–H and O–H groups in total. The highest BCUT2D eigenvalue weighted by Gasteiger charge is 2.22. The van der Waals surface area contributed by atoms with Gasteiger partial charge in [0.25, 0.3) is 0 Å². The first-order chi connectivity index (χ1) is 5.75. The Morgan fingerprint density at radius 3 is 2.15 bits per heavy atom. The van der Waals surface area contributed by atoms with Crippen molar-refractivity contribution in [1.82, 2.24) is 0 Å². The van der Waals surface area contributed by atoms with E-state index in [0.29, 0.717) is 12.8 Å². The van der Waals surface area contributed by atoms with E-state index in [1.807, 2.05) is 20.8 Å². The molecule has 0 bridgehead atoms. The van der Waals surface area contributed by atoms with Gasteiger partial charge in [-0.05, 0) is 6.42 Å². The van der Waals surface area contributed by atoms with Crippen molar-refractivity contribution in [3.8, 4) is 0 Å². The zero-order valence-corrected chi connectivity index (χ0v) is 9.23. The lowest BCUT2D eigenvalue weighted by molar-refractivity contribution is -0.126. The topological polar surface area (TPSA) is 60.2 Å². The Hall–Kier alpha value is -0.350. The summed E-state index contributed by atoms with van der Waals surface area (Å²) < 4.78 is 0. The van der Waals surface area contributed by atoms with E-state index in [-0.39, 0.29) is 16.3 Å². The van der Waals surface area contributed by atoms with Crippen molar-refractivity contribution in [2.24, 2.45) is 11.1 Å². The van der Waals surface area contributed by atoms with E-state index >= 15 is 0 Å². The monoisotopic (exact) mass is 203 g/mol. The predicted octanol–water partition coefficient (Wildman–Crippen LogP) is 1.17. The van der Waals surface area contributed by atoms with Crippen molar-refractivity contribution < 1.29 is 9.59 Å². The second kappa shape index (κ2) is 4.77. The van der Waals surface area contributed by atoms with Crippen molar-refractivity contribution in [3.63, 3.8) is 0 Å². The van der Waals surface area contributed by atoms with E-state index in [9.17, 15) is 9.59 Å². The average molecular weight is 203 g/mol. The molecule has 0 spiro atoms. The zero-order chi connectivity index (χ0) is 10.6. The van der Waals surface area contributed by atoms with Gasteiger partial charge in [0, 0.05) is 11.8 Å². The van der Waals surface area contributed by atoms with E-state index in [2.05, 4.69) is 12.6 Å². The molecule has 13 heavy (non-hydrogen) atoms. The lowest BCUT2D eigenvalue weighted by Crippen LogP contribution is -2.29. The van der Waals surface area contributed by atoms with Crippen LogP contribution in [0.1, 0.15) is 33.6 Å². The molecular formula is C9H17NO2S. The SMILES string of the molecule is CC(C)(C)C(=O)CCC(N)C(=O)S. The summed E-state index contributed by atoms with van der Waals surface area (Å²) in [4.78, 5) is 22.0. The van der Waals surface area contributed by atoms with Crippen LogP contribution in [0, 0.1) is 5.41 Å². The smallest absolute Gasteiger partial charge is 0.202 e. The second-order valence-corrected chi connectivity index (χ2v) is 4.60. The number of hydrogen-bond acceptors (Lipinski definition) is 3. The van der Waals surface area contributed by atoms with Crippen LogP contribution >= 0.6 is 12.6 Å². The molecule has 0 aliphatic heterocycles. The summed E-state index contributed by atoms with van der Waals surface area (Å²) >= 11 is 3.59. The number of hydrogen-bond donors (Lipinski definition) is 2. The summed E-state index contributed by atoms with van der Waals surface area (Å²) in [6, 6.07) is -0.616.